The van der Waals surface area contributed by atoms with Crippen molar-refractivity contribution in [3.05, 3.63) is 51.0 Å². The lowest BCUT2D eigenvalue weighted by molar-refractivity contribution is 0.106. The molecule has 2 atom stereocenters. The maximum Gasteiger partial charge on any atom is 0.131 e. The Labute approximate surface area is 133 Å². The minimum absolute atomic E-state index is 0.0596. The van der Waals surface area contributed by atoms with Gasteiger partial charge in [0, 0.05) is 29.1 Å². The monoisotopic (exact) mass is 326 g/mol. The van der Waals surface area contributed by atoms with Gasteiger partial charge in [-0.05, 0) is 33.9 Å². The zero-order valence-electron chi connectivity index (χ0n) is 13.1. The highest BCUT2D eigenvalue weighted by Crippen LogP contribution is 2.29. The quantitative estimate of drug-likeness (QED) is 0.909. The third-order valence-corrected chi connectivity index (χ3v) is 5.01. The lowest BCUT2D eigenvalue weighted by Gasteiger charge is -2.26. The van der Waals surface area contributed by atoms with Gasteiger partial charge in [0.25, 0.3) is 0 Å². The van der Waals surface area contributed by atoms with Crippen LogP contribution in [-0.4, -0.2) is 28.6 Å². The van der Waals surface area contributed by atoms with E-state index >= 15 is 0 Å². The van der Waals surface area contributed by atoms with Crippen molar-refractivity contribution in [2.75, 3.05) is 13.6 Å². The molecule has 0 spiro atoms. The molecule has 1 aromatic heterocycles. The van der Waals surface area contributed by atoms with Crippen LogP contribution in [0.5, 0.6) is 0 Å². The lowest BCUT2D eigenvalue weighted by Crippen LogP contribution is -2.28. The van der Waals surface area contributed by atoms with E-state index in [-0.39, 0.29) is 18.2 Å². The van der Waals surface area contributed by atoms with E-state index in [1.54, 1.807) is 11.3 Å². The van der Waals surface area contributed by atoms with E-state index in [4.69, 9.17) is 0 Å². The Morgan fingerprint density at radius 2 is 2.00 bits per heavy atom. The van der Waals surface area contributed by atoms with Crippen LogP contribution in [0.1, 0.15) is 40.2 Å². The molecule has 0 aliphatic carbocycles. The molecule has 22 heavy (non-hydrogen) atoms. The van der Waals surface area contributed by atoms with Crippen molar-refractivity contribution in [1.82, 2.24) is 9.88 Å². The van der Waals surface area contributed by atoms with Crippen molar-refractivity contribution in [2.24, 2.45) is 0 Å². The van der Waals surface area contributed by atoms with E-state index in [9.17, 15) is 13.9 Å². The van der Waals surface area contributed by atoms with Gasteiger partial charge in [0.1, 0.15) is 11.6 Å². The van der Waals surface area contributed by atoms with Crippen molar-refractivity contribution in [2.45, 2.75) is 32.9 Å². The summed E-state index contributed by atoms with van der Waals surface area (Å²) >= 11 is 1.62. The van der Waals surface area contributed by atoms with Gasteiger partial charge in [-0.15, -0.1) is 11.3 Å². The summed E-state index contributed by atoms with van der Waals surface area (Å²) in [4.78, 5) is 7.47. The molecule has 0 bridgehead atoms. The smallest absolute Gasteiger partial charge is 0.131 e. The second-order valence-corrected chi connectivity index (χ2v) is 6.71. The topological polar surface area (TPSA) is 36.4 Å². The molecule has 1 N–H and O–H groups in total. The molecule has 0 aliphatic rings. The van der Waals surface area contributed by atoms with Crippen LogP contribution in [0.2, 0.25) is 0 Å². The number of halogens is 2. The Morgan fingerprint density at radius 3 is 2.55 bits per heavy atom. The van der Waals surface area contributed by atoms with Crippen LogP contribution >= 0.6 is 11.3 Å². The number of thiazole rings is 1. The number of hydrogen-bond acceptors (Lipinski definition) is 4. The largest absolute Gasteiger partial charge is 0.387 e. The van der Waals surface area contributed by atoms with Gasteiger partial charge in [0.15, 0.2) is 0 Å². The van der Waals surface area contributed by atoms with Crippen LogP contribution in [0.3, 0.4) is 0 Å². The first-order valence-electron chi connectivity index (χ1n) is 7.06. The first kappa shape index (κ1) is 17.0. The van der Waals surface area contributed by atoms with Crippen LogP contribution < -0.4 is 0 Å². The maximum absolute atomic E-state index is 13.7. The second kappa shape index (κ2) is 6.81. The zero-order chi connectivity index (χ0) is 16.4. The highest BCUT2D eigenvalue weighted by Gasteiger charge is 2.21. The molecule has 0 radical (unpaired) electrons. The van der Waals surface area contributed by atoms with Gasteiger partial charge < -0.3 is 5.11 Å². The molecule has 0 saturated heterocycles. The van der Waals surface area contributed by atoms with Crippen molar-refractivity contribution >= 4 is 11.3 Å². The Balaban J connectivity index is 2.10. The molecular weight excluding hydrogens is 306 g/mol. The number of aliphatic hydroxyl groups is 1. The maximum atomic E-state index is 13.7. The molecule has 1 heterocycles. The van der Waals surface area contributed by atoms with E-state index in [0.29, 0.717) is 0 Å². The summed E-state index contributed by atoms with van der Waals surface area (Å²) in [5, 5.41) is 11.2. The van der Waals surface area contributed by atoms with Gasteiger partial charge in [-0.1, -0.05) is 6.07 Å². The van der Waals surface area contributed by atoms with Crippen molar-refractivity contribution in [1.29, 1.82) is 0 Å². The van der Waals surface area contributed by atoms with Crippen LogP contribution in [0.15, 0.2) is 18.2 Å². The Hall–Kier alpha value is -1.37. The number of aromatic nitrogens is 1. The number of benzene rings is 1. The Bertz CT molecular complexity index is 660. The molecule has 120 valence electrons. The van der Waals surface area contributed by atoms with Gasteiger partial charge in [-0.25, -0.2) is 13.8 Å². The van der Waals surface area contributed by atoms with Gasteiger partial charge in [0.05, 0.1) is 16.8 Å². The predicted octanol–water partition coefficient (Wildman–Crippen LogP) is 3.76. The summed E-state index contributed by atoms with van der Waals surface area (Å²) in [6.07, 6.45) is -1.01. The summed E-state index contributed by atoms with van der Waals surface area (Å²) in [5.41, 5.74) is 1.09. The zero-order valence-corrected chi connectivity index (χ0v) is 13.9. The summed E-state index contributed by atoms with van der Waals surface area (Å²) in [6.45, 7) is 6.18. The average Bonchev–Trinajstić information content (AvgIpc) is 2.76. The molecule has 0 amide bonds. The number of nitrogens with zero attached hydrogens (tertiary/aromatic N) is 2. The molecule has 0 saturated carbocycles. The number of rotatable bonds is 5. The van der Waals surface area contributed by atoms with Crippen LogP contribution in [0.4, 0.5) is 8.78 Å². The van der Waals surface area contributed by atoms with Gasteiger partial charge in [-0.2, -0.15) is 0 Å². The molecule has 6 heteroatoms. The number of aryl methyl sites for hydroxylation is 2. The number of aliphatic hydroxyl groups excluding tert-OH is 1. The molecule has 2 unspecified atom stereocenters. The van der Waals surface area contributed by atoms with Crippen molar-refractivity contribution < 1.29 is 13.9 Å². The minimum atomic E-state index is -1.01. The van der Waals surface area contributed by atoms with Crippen LogP contribution in [0.25, 0.3) is 0 Å². The number of likely N-dealkylation sites (N-methyl/N-ethyl adjacent to an activating group) is 1. The fourth-order valence-electron chi connectivity index (χ4n) is 2.44. The first-order chi connectivity index (χ1) is 10.3. The van der Waals surface area contributed by atoms with E-state index in [0.717, 1.165) is 27.7 Å². The highest BCUT2D eigenvalue weighted by atomic mass is 32.1. The van der Waals surface area contributed by atoms with E-state index < -0.39 is 17.7 Å². The Kier molecular flexibility index (Phi) is 5.26. The molecular formula is C16H20F2N2OS. The third kappa shape index (κ3) is 3.69. The van der Waals surface area contributed by atoms with Gasteiger partial charge in [-0.3, -0.25) is 4.90 Å². The van der Waals surface area contributed by atoms with Crippen LogP contribution in [0, 0.1) is 25.5 Å². The number of hydrogen-bond donors (Lipinski definition) is 1. The molecule has 0 fully saturated rings. The Morgan fingerprint density at radius 1 is 1.32 bits per heavy atom. The molecule has 0 aliphatic heterocycles. The third-order valence-electron chi connectivity index (χ3n) is 3.76. The predicted molar refractivity (Wildman–Crippen MR) is 84.0 cm³/mol. The standard InChI is InChI=1S/C16H20F2N2OS/c1-9-16(22-11(3)19-9)10(2)20(4)8-15(21)13-6-5-12(17)7-14(13)18/h5-7,10,15,21H,8H2,1-4H3. The fraction of sp³-hybridized carbons (Fsp3) is 0.438. The normalized spacial score (nSPS) is 14.4. The fourth-order valence-corrected chi connectivity index (χ4v) is 3.48. The van der Waals surface area contributed by atoms with Crippen molar-refractivity contribution in [3.8, 4) is 0 Å². The molecule has 3 nitrogen and oxygen atoms in total. The van der Waals surface area contributed by atoms with Crippen molar-refractivity contribution in [3.63, 3.8) is 0 Å². The molecule has 1 aromatic carbocycles. The van der Waals surface area contributed by atoms with E-state index in [1.807, 2.05) is 32.7 Å². The van der Waals surface area contributed by atoms with Gasteiger partial charge >= 0.3 is 0 Å². The van der Waals surface area contributed by atoms with Gasteiger partial charge in [0.2, 0.25) is 0 Å². The SMILES string of the molecule is Cc1nc(C)c(C(C)N(C)CC(O)c2ccc(F)cc2F)s1. The summed E-state index contributed by atoms with van der Waals surface area (Å²) in [6, 6.07) is 3.29. The summed E-state index contributed by atoms with van der Waals surface area (Å²) in [5.74, 6) is -1.37. The molecule has 2 aromatic rings. The highest BCUT2D eigenvalue weighted by molar-refractivity contribution is 7.11. The summed E-state index contributed by atoms with van der Waals surface area (Å²) < 4.78 is 26.6. The lowest BCUT2D eigenvalue weighted by atomic mass is 10.1. The van der Waals surface area contributed by atoms with E-state index in [1.165, 1.54) is 6.07 Å². The van der Waals surface area contributed by atoms with E-state index in [2.05, 4.69) is 4.98 Å². The minimum Gasteiger partial charge on any atom is -0.387 e. The molecule has 2 rings (SSSR count). The van der Waals surface area contributed by atoms with Crippen LogP contribution in [-0.2, 0) is 0 Å². The first-order valence-corrected chi connectivity index (χ1v) is 7.88. The second-order valence-electron chi connectivity index (χ2n) is 5.48. The average molecular weight is 326 g/mol. The summed E-state index contributed by atoms with van der Waals surface area (Å²) in [7, 11) is 1.86.